The van der Waals surface area contributed by atoms with Crippen LogP contribution in [-0.2, 0) is 11.3 Å². The van der Waals surface area contributed by atoms with Crippen LogP contribution < -0.4 is 0 Å². The van der Waals surface area contributed by atoms with Crippen molar-refractivity contribution in [2.75, 3.05) is 12.8 Å². The van der Waals surface area contributed by atoms with Crippen molar-refractivity contribution in [2.45, 2.75) is 18.6 Å². The Bertz CT molecular complexity index is 1230. The highest BCUT2D eigenvalue weighted by molar-refractivity contribution is 7.99. The maximum Gasteiger partial charge on any atom is 0.233 e. The molecule has 0 spiro atoms. The molecule has 0 atom stereocenters. The highest BCUT2D eigenvalue weighted by atomic mass is 32.2. The number of halogens is 1. The Hall–Kier alpha value is -3.45. The summed E-state index contributed by atoms with van der Waals surface area (Å²) in [5.41, 5.74) is 3.43. The molecule has 0 aliphatic rings. The lowest BCUT2D eigenvalue weighted by atomic mass is 10.1. The van der Waals surface area contributed by atoms with E-state index in [0.29, 0.717) is 23.1 Å². The maximum atomic E-state index is 14.5. The van der Waals surface area contributed by atoms with Crippen LogP contribution in [0.4, 0.5) is 4.39 Å². The van der Waals surface area contributed by atoms with Gasteiger partial charge in [0.15, 0.2) is 11.0 Å². The molecule has 1 amide bonds. The van der Waals surface area contributed by atoms with Crippen LogP contribution in [0.15, 0.2) is 84.0 Å². The molecule has 7 heteroatoms. The zero-order valence-corrected chi connectivity index (χ0v) is 18.7. The van der Waals surface area contributed by atoms with E-state index in [1.165, 1.54) is 17.8 Å². The SMILES string of the molecule is Cc1ccccc1CN(C)C(=O)CSc1nnc(-c2ccccc2F)n1-c1ccccc1. The number of thioether (sulfide) groups is 1. The van der Waals surface area contributed by atoms with Crippen LogP contribution in [0, 0.1) is 12.7 Å². The second-order valence-corrected chi connectivity index (χ2v) is 8.36. The average Bonchev–Trinajstić information content (AvgIpc) is 3.23. The lowest BCUT2D eigenvalue weighted by molar-refractivity contribution is -0.127. The van der Waals surface area contributed by atoms with Gasteiger partial charge < -0.3 is 4.90 Å². The van der Waals surface area contributed by atoms with E-state index >= 15 is 0 Å². The first-order chi connectivity index (χ1) is 15.5. The lowest BCUT2D eigenvalue weighted by Gasteiger charge is -2.18. The number of hydrogen-bond acceptors (Lipinski definition) is 4. The molecule has 0 fully saturated rings. The summed E-state index contributed by atoms with van der Waals surface area (Å²) in [5.74, 6) is 0.207. The van der Waals surface area contributed by atoms with Gasteiger partial charge in [0.2, 0.25) is 5.91 Å². The Labute approximate surface area is 190 Å². The van der Waals surface area contributed by atoms with Gasteiger partial charge in [0, 0.05) is 19.3 Å². The number of hydrogen-bond donors (Lipinski definition) is 0. The van der Waals surface area contributed by atoms with Crippen molar-refractivity contribution in [3.63, 3.8) is 0 Å². The largest absolute Gasteiger partial charge is 0.341 e. The molecular formula is C25H23FN4OS. The van der Waals surface area contributed by atoms with Crippen LogP contribution in [0.3, 0.4) is 0 Å². The number of para-hydroxylation sites is 1. The zero-order valence-electron chi connectivity index (χ0n) is 17.9. The number of amides is 1. The summed E-state index contributed by atoms with van der Waals surface area (Å²) in [5, 5.41) is 9.07. The molecule has 0 N–H and O–H groups in total. The van der Waals surface area contributed by atoms with Crippen LogP contribution in [0.5, 0.6) is 0 Å². The molecule has 0 radical (unpaired) electrons. The van der Waals surface area contributed by atoms with Crippen molar-refractivity contribution in [2.24, 2.45) is 0 Å². The summed E-state index contributed by atoms with van der Waals surface area (Å²) in [6.45, 7) is 2.58. The Morgan fingerprint density at radius 3 is 2.41 bits per heavy atom. The topological polar surface area (TPSA) is 51.0 Å². The molecule has 5 nitrogen and oxygen atoms in total. The first kappa shape index (κ1) is 21.8. The molecule has 3 aromatic carbocycles. The molecule has 32 heavy (non-hydrogen) atoms. The Morgan fingerprint density at radius 1 is 0.969 bits per heavy atom. The third kappa shape index (κ3) is 4.73. The second kappa shape index (κ2) is 9.78. The van der Waals surface area contributed by atoms with Gasteiger partial charge in [-0.05, 0) is 42.3 Å². The van der Waals surface area contributed by atoms with Gasteiger partial charge in [0.25, 0.3) is 0 Å². The minimum absolute atomic E-state index is 0.0201. The fourth-order valence-corrected chi connectivity index (χ4v) is 4.25. The summed E-state index contributed by atoms with van der Waals surface area (Å²) in [6.07, 6.45) is 0. The summed E-state index contributed by atoms with van der Waals surface area (Å²) >= 11 is 1.29. The number of nitrogens with zero attached hydrogens (tertiary/aromatic N) is 4. The number of carbonyl (C=O) groups is 1. The molecule has 0 aliphatic heterocycles. The van der Waals surface area contributed by atoms with E-state index in [0.717, 1.165) is 16.8 Å². The van der Waals surface area contributed by atoms with Gasteiger partial charge in [-0.25, -0.2) is 4.39 Å². The monoisotopic (exact) mass is 446 g/mol. The van der Waals surface area contributed by atoms with Crippen molar-refractivity contribution in [3.05, 3.63) is 95.8 Å². The van der Waals surface area contributed by atoms with Crippen LogP contribution in [0.2, 0.25) is 0 Å². The van der Waals surface area contributed by atoms with E-state index in [1.54, 1.807) is 34.7 Å². The van der Waals surface area contributed by atoms with E-state index in [9.17, 15) is 9.18 Å². The predicted octanol–water partition coefficient (Wildman–Crippen LogP) is 5.13. The lowest BCUT2D eigenvalue weighted by Crippen LogP contribution is -2.28. The van der Waals surface area contributed by atoms with Crippen molar-refractivity contribution >= 4 is 17.7 Å². The first-order valence-corrected chi connectivity index (χ1v) is 11.2. The third-order valence-corrected chi connectivity index (χ3v) is 6.10. The number of carbonyl (C=O) groups excluding carboxylic acids is 1. The quantitative estimate of drug-likeness (QED) is 0.369. The van der Waals surface area contributed by atoms with Gasteiger partial charge in [-0.3, -0.25) is 9.36 Å². The van der Waals surface area contributed by atoms with E-state index in [4.69, 9.17) is 0 Å². The number of aromatic nitrogens is 3. The van der Waals surface area contributed by atoms with Crippen molar-refractivity contribution in [1.82, 2.24) is 19.7 Å². The van der Waals surface area contributed by atoms with Crippen LogP contribution in [0.1, 0.15) is 11.1 Å². The normalized spacial score (nSPS) is 10.8. The van der Waals surface area contributed by atoms with Gasteiger partial charge in [-0.15, -0.1) is 10.2 Å². The molecule has 4 rings (SSSR count). The second-order valence-electron chi connectivity index (χ2n) is 7.42. The zero-order chi connectivity index (χ0) is 22.5. The molecule has 0 unspecified atom stereocenters. The molecule has 0 aliphatic carbocycles. The van der Waals surface area contributed by atoms with Gasteiger partial charge in [-0.2, -0.15) is 0 Å². The van der Waals surface area contributed by atoms with Crippen LogP contribution in [-0.4, -0.2) is 38.4 Å². The van der Waals surface area contributed by atoms with Crippen molar-refractivity contribution in [1.29, 1.82) is 0 Å². The molecule has 1 aromatic heterocycles. The molecule has 0 saturated carbocycles. The maximum absolute atomic E-state index is 14.5. The van der Waals surface area contributed by atoms with Gasteiger partial charge >= 0.3 is 0 Å². The van der Waals surface area contributed by atoms with Crippen molar-refractivity contribution in [3.8, 4) is 17.1 Å². The molecule has 0 bridgehead atoms. The smallest absolute Gasteiger partial charge is 0.233 e. The fraction of sp³-hybridized carbons (Fsp3) is 0.160. The van der Waals surface area contributed by atoms with E-state index in [2.05, 4.69) is 10.2 Å². The fourth-order valence-electron chi connectivity index (χ4n) is 3.36. The first-order valence-electron chi connectivity index (χ1n) is 10.2. The Morgan fingerprint density at radius 2 is 1.66 bits per heavy atom. The average molecular weight is 447 g/mol. The predicted molar refractivity (Wildman–Crippen MR) is 125 cm³/mol. The Balaban J connectivity index is 1.57. The minimum atomic E-state index is -0.373. The minimum Gasteiger partial charge on any atom is -0.341 e. The highest BCUT2D eigenvalue weighted by Gasteiger charge is 2.20. The summed E-state index contributed by atoms with van der Waals surface area (Å²) in [4.78, 5) is 14.5. The molecule has 162 valence electrons. The van der Waals surface area contributed by atoms with E-state index in [-0.39, 0.29) is 17.5 Å². The molecular weight excluding hydrogens is 423 g/mol. The standard InChI is InChI=1S/C25H23FN4OS/c1-18-10-6-7-11-19(18)16-29(2)23(31)17-32-25-28-27-24(21-14-8-9-15-22(21)26)30(25)20-12-4-3-5-13-20/h3-15H,16-17H2,1-2H3. The van der Waals surface area contributed by atoms with E-state index in [1.807, 2.05) is 61.5 Å². The highest BCUT2D eigenvalue weighted by Crippen LogP contribution is 2.29. The van der Waals surface area contributed by atoms with Gasteiger partial charge in [-0.1, -0.05) is 66.4 Å². The molecule has 0 saturated heterocycles. The summed E-state index contributed by atoms with van der Waals surface area (Å²) < 4.78 is 16.3. The summed E-state index contributed by atoms with van der Waals surface area (Å²) in [7, 11) is 1.79. The van der Waals surface area contributed by atoms with Crippen LogP contribution >= 0.6 is 11.8 Å². The van der Waals surface area contributed by atoms with Gasteiger partial charge in [0.1, 0.15) is 5.82 Å². The molecule has 4 aromatic rings. The van der Waals surface area contributed by atoms with E-state index < -0.39 is 0 Å². The summed E-state index contributed by atoms with van der Waals surface area (Å²) in [6, 6.07) is 24.0. The molecule has 1 heterocycles. The Kier molecular flexibility index (Phi) is 6.66. The number of aryl methyl sites for hydroxylation is 1. The van der Waals surface area contributed by atoms with Crippen LogP contribution in [0.25, 0.3) is 17.1 Å². The number of rotatable bonds is 7. The van der Waals surface area contributed by atoms with Gasteiger partial charge in [0.05, 0.1) is 11.3 Å². The third-order valence-electron chi connectivity index (χ3n) is 5.18. The number of benzene rings is 3. The van der Waals surface area contributed by atoms with Crippen molar-refractivity contribution < 1.29 is 9.18 Å².